The van der Waals surface area contributed by atoms with Crippen LogP contribution in [-0.2, 0) is 6.42 Å². The molecule has 3 fully saturated rings. The number of hydrogen-bond donors (Lipinski definition) is 2. The third-order valence-corrected chi connectivity index (χ3v) is 4.26. The highest BCUT2D eigenvalue weighted by molar-refractivity contribution is 5.45. The highest BCUT2D eigenvalue weighted by Gasteiger charge is 2.34. The minimum Gasteiger partial charge on any atom is -0.384 e. The number of aromatic nitrogens is 2. The van der Waals surface area contributed by atoms with E-state index in [-0.39, 0.29) is 0 Å². The molecule has 3 N–H and O–H groups in total. The van der Waals surface area contributed by atoms with Crippen LogP contribution in [0.1, 0.15) is 32.0 Å². The number of hydrogen-bond acceptors (Lipinski definition) is 5. The van der Waals surface area contributed by atoms with Crippen molar-refractivity contribution >= 4 is 11.6 Å². The molecule has 4 heterocycles. The summed E-state index contributed by atoms with van der Waals surface area (Å²) in [4.78, 5) is 11.4. The number of rotatable bonds is 4. The second-order valence-electron chi connectivity index (χ2n) is 5.73. The Hall–Kier alpha value is -1.36. The molecule has 4 rings (SSSR count). The molecular formula is C14H23N5. The van der Waals surface area contributed by atoms with Crippen molar-refractivity contribution in [2.75, 3.05) is 30.7 Å². The maximum absolute atomic E-state index is 5.87. The minimum atomic E-state index is 0.520. The van der Waals surface area contributed by atoms with Crippen LogP contribution in [0, 0.1) is 5.92 Å². The van der Waals surface area contributed by atoms with Gasteiger partial charge in [0.15, 0.2) is 0 Å². The molecule has 0 amide bonds. The van der Waals surface area contributed by atoms with Gasteiger partial charge in [0, 0.05) is 25.1 Å². The molecule has 19 heavy (non-hydrogen) atoms. The smallest absolute Gasteiger partial charge is 0.133 e. The number of nitrogen functional groups attached to an aromatic ring is 1. The molecule has 2 bridgehead atoms. The molecule has 5 nitrogen and oxygen atoms in total. The lowest BCUT2D eigenvalue weighted by Gasteiger charge is -2.45. The zero-order chi connectivity index (χ0) is 13.2. The molecule has 104 valence electrons. The van der Waals surface area contributed by atoms with Gasteiger partial charge in [-0.05, 0) is 38.3 Å². The van der Waals surface area contributed by atoms with E-state index in [0.717, 1.165) is 36.9 Å². The summed E-state index contributed by atoms with van der Waals surface area (Å²) in [7, 11) is 0. The lowest BCUT2D eigenvalue weighted by Crippen LogP contribution is -2.53. The summed E-state index contributed by atoms with van der Waals surface area (Å²) in [6, 6.07) is 2.38. The van der Waals surface area contributed by atoms with Crippen LogP contribution >= 0.6 is 0 Å². The first kappa shape index (κ1) is 12.7. The Kier molecular flexibility index (Phi) is 3.55. The highest BCUT2D eigenvalue weighted by atomic mass is 15.2. The number of piperidine rings is 3. The van der Waals surface area contributed by atoms with Crippen molar-refractivity contribution in [3.05, 3.63) is 11.9 Å². The van der Waals surface area contributed by atoms with Crippen molar-refractivity contribution in [2.45, 2.75) is 38.6 Å². The first-order valence-electron chi connectivity index (χ1n) is 7.37. The van der Waals surface area contributed by atoms with Crippen LogP contribution in [0.2, 0.25) is 0 Å². The molecular weight excluding hydrogens is 238 g/mol. The Labute approximate surface area is 114 Å². The van der Waals surface area contributed by atoms with E-state index in [1.165, 1.54) is 25.9 Å². The van der Waals surface area contributed by atoms with Crippen molar-refractivity contribution in [3.8, 4) is 0 Å². The van der Waals surface area contributed by atoms with Gasteiger partial charge in [-0.15, -0.1) is 0 Å². The maximum Gasteiger partial charge on any atom is 0.133 e. The summed E-state index contributed by atoms with van der Waals surface area (Å²) in [6.07, 6.45) is 4.54. The molecule has 0 aliphatic carbocycles. The SMILES string of the molecule is CCCc1nc(N)cc(NC2CN3CCC2CC3)n1. The van der Waals surface area contributed by atoms with E-state index in [1.807, 2.05) is 6.07 Å². The Balaban J connectivity index is 1.72. The lowest BCUT2D eigenvalue weighted by molar-refractivity contribution is 0.0974. The average Bonchev–Trinajstić information content (AvgIpc) is 2.39. The van der Waals surface area contributed by atoms with Crippen LogP contribution in [0.25, 0.3) is 0 Å². The zero-order valence-electron chi connectivity index (χ0n) is 11.6. The predicted octanol–water partition coefficient (Wildman–Crippen LogP) is 1.52. The van der Waals surface area contributed by atoms with Gasteiger partial charge < -0.3 is 16.0 Å². The number of anilines is 2. The first-order valence-corrected chi connectivity index (χ1v) is 7.37. The van der Waals surface area contributed by atoms with Gasteiger partial charge in [-0.3, -0.25) is 0 Å². The minimum absolute atomic E-state index is 0.520. The van der Waals surface area contributed by atoms with E-state index in [0.29, 0.717) is 11.9 Å². The summed E-state index contributed by atoms with van der Waals surface area (Å²) >= 11 is 0. The van der Waals surface area contributed by atoms with E-state index in [4.69, 9.17) is 5.73 Å². The second kappa shape index (κ2) is 5.33. The number of nitrogens with zero attached hydrogens (tertiary/aromatic N) is 3. The fraction of sp³-hybridized carbons (Fsp3) is 0.714. The molecule has 0 spiro atoms. The number of nitrogens with two attached hydrogens (primary N) is 1. The third-order valence-electron chi connectivity index (χ3n) is 4.26. The van der Waals surface area contributed by atoms with Gasteiger partial charge in [-0.1, -0.05) is 6.92 Å². The van der Waals surface area contributed by atoms with Crippen molar-refractivity contribution in [1.82, 2.24) is 14.9 Å². The number of nitrogens with one attached hydrogen (secondary N) is 1. The van der Waals surface area contributed by atoms with Gasteiger partial charge in [-0.2, -0.15) is 0 Å². The van der Waals surface area contributed by atoms with Crippen molar-refractivity contribution in [2.24, 2.45) is 5.92 Å². The Morgan fingerprint density at radius 1 is 1.37 bits per heavy atom. The van der Waals surface area contributed by atoms with Crippen LogP contribution in [0.3, 0.4) is 0 Å². The van der Waals surface area contributed by atoms with Gasteiger partial charge >= 0.3 is 0 Å². The lowest BCUT2D eigenvalue weighted by atomic mass is 9.84. The average molecular weight is 261 g/mol. The van der Waals surface area contributed by atoms with Gasteiger partial charge in [-0.25, -0.2) is 9.97 Å². The van der Waals surface area contributed by atoms with Crippen molar-refractivity contribution < 1.29 is 0 Å². The third kappa shape index (κ3) is 2.81. The highest BCUT2D eigenvalue weighted by Crippen LogP contribution is 2.29. The summed E-state index contributed by atoms with van der Waals surface area (Å²) < 4.78 is 0. The molecule has 1 aromatic rings. The summed E-state index contributed by atoms with van der Waals surface area (Å²) in [5.41, 5.74) is 5.87. The fourth-order valence-electron chi connectivity index (χ4n) is 3.25. The Morgan fingerprint density at radius 2 is 2.16 bits per heavy atom. The molecule has 1 unspecified atom stereocenters. The Morgan fingerprint density at radius 3 is 2.79 bits per heavy atom. The van der Waals surface area contributed by atoms with Crippen molar-refractivity contribution in [1.29, 1.82) is 0 Å². The number of aryl methyl sites for hydroxylation is 1. The van der Waals surface area contributed by atoms with Crippen molar-refractivity contribution in [3.63, 3.8) is 0 Å². The van der Waals surface area contributed by atoms with E-state index in [2.05, 4.69) is 27.1 Å². The summed E-state index contributed by atoms with van der Waals surface area (Å²) in [5.74, 6) is 3.11. The van der Waals surface area contributed by atoms with Gasteiger partial charge in [0.2, 0.25) is 0 Å². The fourth-order valence-corrected chi connectivity index (χ4v) is 3.25. The second-order valence-corrected chi connectivity index (χ2v) is 5.73. The molecule has 3 saturated heterocycles. The molecule has 5 heteroatoms. The van der Waals surface area contributed by atoms with E-state index < -0.39 is 0 Å². The standard InChI is InChI=1S/C14H23N5/c1-2-3-13-17-12(15)8-14(18-13)16-11-9-19-6-4-10(11)5-7-19/h8,10-11H,2-7,9H2,1H3,(H3,15,16,17,18). The topological polar surface area (TPSA) is 67.1 Å². The summed E-state index contributed by atoms with van der Waals surface area (Å²) in [5, 5.41) is 3.58. The molecule has 1 atom stereocenters. The molecule has 0 aromatic carbocycles. The predicted molar refractivity (Wildman–Crippen MR) is 77.0 cm³/mol. The van der Waals surface area contributed by atoms with Crippen LogP contribution < -0.4 is 11.1 Å². The van der Waals surface area contributed by atoms with E-state index in [9.17, 15) is 0 Å². The quantitative estimate of drug-likeness (QED) is 0.860. The molecule has 3 aliphatic heterocycles. The monoisotopic (exact) mass is 261 g/mol. The Bertz CT molecular complexity index is 439. The molecule has 0 radical (unpaired) electrons. The molecule has 1 aromatic heterocycles. The van der Waals surface area contributed by atoms with E-state index in [1.54, 1.807) is 0 Å². The van der Waals surface area contributed by atoms with Crippen LogP contribution in [-0.4, -0.2) is 40.5 Å². The summed E-state index contributed by atoms with van der Waals surface area (Å²) in [6.45, 7) is 5.79. The first-order chi connectivity index (χ1) is 9.24. The van der Waals surface area contributed by atoms with Gasteiger partial charge in [0.1, 0.15) is 17.5 Å². The molecule has 3 aliphatic rings. The number of fused-ring (bicyclic) bond motifs is 3. The zero-order valence-corrected chi connectivity index (χ0v) is 11.6. The van der Waals surface area contributed by atoms with Crippen LogP contribution in [0.15, 0.2) is 6.07 Å². The largest absolute Gasteiger partial charge is 0.384 e. The van der Waals surface area contributed by atoms with Crippen LogP contribution in [0.4, 0.5) is 11.6 Å². The van der Waals surface area contributed by atoms with Gasteiger partial charge in [0.25, 0.3) is 0 Å². The molecule has 0 saturated carbocycles. The maximum atomic E-state index is 5.87. The van der Waals surface area contributed by atoms with E-state index >= 15 is 0 Å². The van der Waals surface area contributed by atoms with Crippen LogP contribution in [0.5, 0.6) is 0 Å². The van der Waals surface area contributed by atoms with Gasteiger partial charge in [0.05, 0.1) is 0 Å². The normalized spacial score (nSPS) is 29.4.